The van der Waals surface area contributed by atoms with Gasteiger partial charge in [-0.25, -0.2) is 0 Å². The molecule has 8 heteroatoms. The van der Waals surface area contributed by atoms with Gasteiger partial charge in [-0.2, -0.15) is 13.2 Å². The number of H-pyrrole nitrogens is 1. The summed E-state index contributed by atoms with van der Waals surface area (Å²) in [4.78, 5) is 25.9. The molecule has 1 aliphatic heterocycles. The number of nitrogens with one attached hydrogen (secondary N) is 2. The number of fused-ring (bicyclic) bond motifs is 1. The quantitative estimate of drug-likeness (QED) is 0.747. The highest BCUT2D eigenvalue weighted by atomic mass is 32.2. The second-order valence-corrected chi connectivity index (χ2v) is 7.76. The predicted molar refractivity (Wildman–Crippen MR) is 106 cm³/mol. The van der Waals surface area contributed by atoms with Crippen LogP contribution in [0, 0.1) is 0 Å². The summed E-state index contributed by atoms with van der Waals surface area (Å²) < 4.78 is 40.7. The fraction of sp³-hybridized carbons (Fsp3) is 0.400. The minimum Gasteiger partial charge on any atom is -0.355 e. The first kappa shape index (κ1) is 20.5. The molecule has 2 aliphatic rings. The molecule has 2 N–H and O–H groups in total. The lowest BCUT2D eigenvalue weighted by Crippen LogP contribution is -2.27. The molecule has 1 aliphatic carbocycles. The van der Waals surface area contributed by atoms with Crippen molar-refractivity contribution in [2.24, 2.45) is 0 Å². The Kier molecular flexibility index (Phi) is 6.17. The number of rotatable bonds is 2. The van der Waals surface area contributed by atoms with Crippen molar-refractivity contribution in [1.29, 1.82) is 0 Å². The molecule has 0 saturated heterocycles. The van der Waals surface area contributed by atoms with E-state index in [1.54, 1.807) is 0 Å². The van der Waals surface area contributed by atoms with Gasteiger partial charge in [0.2, 0.25) is 0 Å². The van der Waals surface area contributed by atoms with Crippen molar-refractivity contribution >= 4 is 28.6 Å². The molecule has 0 unspecified atom stereocenters. The van der Waals surface area contributed by atoms with Crippen LogP contribution in [0.1, 0.15) is 53.1 Å². The van der Waals surface area contributed by atoms with E-state index in [1.807, 2.05) is 11.8 Å². The fourth-order valence-corrected chi connectivity index (χ4v) is 3.98. The molecule has 1 aromatic heterocycles. The summed E-state index contributed by atoms with van der Waals surface area (Å²) in [5, 5.41) is 4.64. The lowest BCUT2D eigenvalue weighted by Gasteiger charge is -2.29. The topological polar surface area (TPSA) is 62.0 Å². The number of carbonyl (C=O) groups excluding carboxylic acids is 1. The number of halogens is 3. The predicted octanol–water partition coefficient (Wildman–Crippen LogP) is 4.81. The lowest BCUT2D eigenvalue weighted by molar-refractivity contribution is -0.137. The third-order valence-electron chi connectivity index (χ3n) is 4.95. The van der Waals surface area contributed by atoms with Crippen LogP contribution in [0.25, 0.3) is 10.9 Å². The Morgan fingerprint density at radius 1 is 1.29 bits per heavy atom. The van der Waals surface area contributed by atoms with Crippen LogP contribution in [0.2, 0.25) is 0 Å². The molecule has 0 atom stereocenters. The number of hydrogen-bond donors (Lipinski definition) is 2. The number of thioether (sulfide) groups is 1. The van der Waals surface area contributed by atoms with E-state index in [2.05, 4.69) is 21.8 Å². The van der Waals surface area contributed by atoms with Crippen molar-refractivity contribution in [3.8, 4) is 0 Å². The van der Waals surface area contributed by atoms with Crippen molar-refractivity contribution in [3.05, 3.63) is 56.7 Å². The largest absolute Gasteiger partial charge is 0.418 e. The maximum atomic E-state index is 13.6. The Hall–Kier alpha value is -2.22. The van der Waals surface area contributed by atoms with E-state index in [1.165, 1.54) is 37.4 Å². The van der Waals surface area contributed by atoms with Gasteiger partial charge in [-0.1, -0.05) is 24.6 Å². The van der Waals surface area contributed by atoms with E-state index in [0.717, 1.165) is 19.3 Å². The Balaban J connectivity index is 0.000000391. The molecule has 0 radical (unpaired) electrons. The monoisotopic (exact) mass is 410 g/mol. The standard InChI is InChI=1S/C16H15F3N2O2.C4H6S/c1-20-14(22)11-7-9-5-6-10(8-3-2-4-8)12(16(17,18)19)13(9)21-15(11)23;1-2-4-5-3-1/h5-8H,2-4H2,1H3,(H,20,22)(H,21,23);1,3H,2,4H2. The van der Waals surface area contributed by atoms with Crippen molar-refractivity contribution in [2.75, 3.05) is 12.8 Å². The number of amides is 1. The molecule has 0 bridgehead atoms. The van der Waals surface area contributed by atoms with Gasteiger partial charge in [-0.15, -0.1) is 11.8 Å². The molecule has 0 spiro atoms. The van der Waals surface area contributed by atoms with Crippen molar-refractivity contribution in [1.82, 2.24) is 10.3 Å². The average Bonchev–Trinajstić information content (AvgIpc) is 3.17. The summed E-state index contributed by atoms with van der Waals surface area (Å²) >= 11 is 1.89. The number of pyridine rings is 1. The number of hydrogen-bond acceptors (Lipinski definition) is 3. The van der Waals surface area contributed by atoms with Gasteiger partial charge in [0.25, 0.3) is 11.5 Å². The molecular formula is C20H21F3N2O2S. The van der Waals surface area contributed by atoms with Crippen molar-refractivity contribution < 1.29 is 18.0 Å². The van der Waals surface area contributed by atoms with Crippen LogP contribution in [-0.2, 0) is 6.18 Å². The van der Waals surface area contributed by atoms with Crippen LogP contribution in [0.15, 0.2) is 34.5 Å². The van der Waals surface area contributed by atoms with E-state index in [9.17, 15) is 22.8 Å². The molecule has 2 aromatic rings. The summed E-state index contributed by atoms with van der Waals surface area (Å²) in [6, 6.07) is 4.19. The summed E-state index contributed by atoms with van der Waals surface area (Å²) in [6.07, 6.45) is 1.26. The second-order valence-electron chi connectivity index (χ2n) is 6.74. The number of aromatic amines is 1. The van der Waals surface area contributed by atoms with Crippen LogP contribution in [0.5, 0.6) is 0 Å². The number of aromatic nitrogens is 1. The van der Waals surface area contributed by atoms with Crippen LogP contribution >= 0.6 is 11.8 Å². The Morgan fingerprint density at radius 3 is 2.50 bits per heavy atom. The van der Waals surface area contributed by atoms with Crippen LogP contribution in [0.3, 0.4) is 0 Å². The van der Waals surface area contributed by atoms with Crippen molar-refractivity contribution in [3.63, 3.8) is 0 Å². The van der Waals surface area contributed by atoms with E-state index < -0.39 is 23.2 Å². The first-order chi connectivity index (χ1) is 13.3. The fourth-order valence-electron chi connectivity index (χ4n) is 3.30. The smallest absolute Gasteiger partial charge is 0.355 e. The highest BCUT2D eigenvalue weighted by Gasteiger charge is 2.39. The summed E-state index contributed by atoms with van der Waals surface area (Å²) in [7, 11) is 1.35. The molecule has 28 heavy (non-hydrogen) atoms. The van der Waals surface area contributed by atoms with E-state index in [4.69, 9.17) is 0 Å². The molecule has 1 saturated carbocycles. The zero-order valence-electron chi connectivity index (χ0n) is 15.4. The van der Waals surface area contributed by atoms with E-state index >= 15 is 0 Å². The van der Waals surface area contributed by atoms with Gasteiger partial charge in [0.1, 0.15) is 5.56 Å². The molecule has 1 amide bonds. The summed E-state index contributed by atoms with van der Waals surface area (Å²) in [5.74, 6) is 0.544. The lowest BCUT2D eigenvalue weighted by atomic mass is 9.77. The average molecular weight is 410 g/mol. The zero-order chi connectivity index (χ0) is 20.3. The summed E-state index contributed by atoms with van der Waals surface area (Å²) in [5.41, 5.74) is -1.85. The maximum Gasteiger partial charge on any atom is 0.418 e. The molecule has 4 rings (SSSR count). The van der Waals surface area contributed by atoms with E-state index in [0.29, 0.717) is 0 Å². The first-order valence-electron chi connectivity index (χ1n) is 9.08. The van der Waals surface area contributed by atoms with Gasteiger partial charge in [-0.05, 0) is 47.6 Å². The maximum absolute atomic E-state index is 13.6. The molecule has 4 nitrogen and oxygen atoms in total. The minimum absolute atomic E-state index is 0.127. The highest BCUT2D eigenvalue weighted by Crippen LogP contribution is 2.45. The second kappa shape index (κ2) is 8.43. The summed E-state index contributed by atoms with van der Waals surface area (Å²) in [6.45, 7) is 0. The Bertz CT molecular complexity index is 956. The van der Waals surface area contributed by atoms with Gasteiger partial charge >= 0.3 is 6.18 Å². The van der Waals surface area contributed by atoms with Gasteiger partial charge < -0.3 is 10.3 Å². The van der Waals surface area contributed by atoms with Crippen LogP contribution < -0.4 is 10.9 Å². The van der Waals surface area contributed by atoms with Crippen LogP contribution in [0.4, 0.5) is 13.2 Å². The minimum atomic E-state index is -4.57. The van der Waals surface area contributed by atoms with Gasteiger partial charge in [0.05, 0.1) is 11.1 Å². The van der Waals surface area contributed by atoms with Gasteiger partial charge in [-0.3, -0.25) is 9.59 Å². The Morgan fingerprint density at radius 2 is 2.04 bits per heavy atom. The highest BCUT2D eigenvalue weighted by molar-refractivity contribution is 8.02. The SMILES string of the molecule is C1=CSCC1.CNC(=O)c1cc2ccc(C3CCC3)c(C(F)(F)F)c2[nH]c1=O. The van der Waals surface area contributed by atoms with Gasteiger partial charge in [0, 0.05) is 12.8 Å². The number of benzene rings is 1. The third-order valence-corrected chi connectivity index (χ3v) is 5.80. The number of carbonyl (C=O) groups is 1. The molecule has 1 aromatic carbocycles. The van der Waals surface area contributed by atoms with E-state index in [-0.39, 0.29) is 27.9 Å². The molecular weight excluding hydrogens is 389 g/mol. The number of alkyl halides is 3. The molecule has 1 fully saturated rings. The first-order valence-corrected chi connectivity index (χ1v) is 10.1. The van der Waals surface area contributed by atoms with Crippen molar-refractivity contribution in [2.45, 2.75) is 37.8 Å². The Labute approximate surface area is 164 Å². The normalized spacial score (nSPS) is 16.4. The zero-order valence-corrected chi connectivity index (χ0v) is 16.2. The number of allylic oxidation sites excluding steroid dienone is 1. The molecule has 150 valence electrons. The van der Waals surface area contributed by atoms with Gasteiger partial charge in [0.15, 0.2) is 0 Å². The molecule has 2 heterocycles. The van der Waals surface area contributed by atoms with Crippen LogP contribution in [-0.4, -0.2) is 23.7 Å². The third kappa shape index (κ3) is 4.27.